The van der Waals surface area contributed by atoms with Gasteiger partial charge in [-0.05, 0) is 37.6 Å². The van der Waals surface area contributed by atoms with Crippen LogP contribution in [0.15, 0.2) is 30.0 Å². The molecule has 112 valence electrons. The van der Waals surface area contributed by atoms with Crippen molar-refractivity contribution in [3.63, 3.8) is 0 Å². The average Bonchev–Trinajstić information content (AvgIpc) is 2.82. The minimum absolute atomic E-state index is 0.0724. The zero-order valence-corrected chi connectivity index (χ0v) is 12.7. The second kappa shape index (κ2) is 5.07. The first-order valence-electron chi connectivity index (χ1n) is 6.65. The molecule has 1 aliphatic heterocycles. The smallest absolute Gasteiger partial charge is 0.235 e. The first-order chi connectivity index (χ1) is 10.4. The van der Waals surface area contributed by atoms with Crippen molar-refractivity contribution in [3.05, 3.63) is 57.3 Å². The van der Waals surface area contributed by atoms with Gasteiger partial charge in [-0.15, -0.1) is 0 Å². The Kier molecular flexibility index (Phi) is 3.34. The van der Waals surface area contributed by atoms with Crippen LogP contribution >= 0.6 is 11.6 Å². The summed E-state index contributed by atoms with van der Waals surface area (Å²) in [5, 5.41) is 20.7. The van der Waals surface area contributed by atoms with Crippen LogP contribution in [0.4, 0.5) is 0 Å². The van der Waals surface area contributed by atoms with E-state index in [1.165, 1.54) is 0 Å². The van der Waals surface area contributed by atoms with Gasteiger partial charge in [-0.3, -0.25) is 4.79 Å². The Labute approximate surface area is 132 Å². The number of fused-ring (bicyclic) bond motifs is 1. The van der Waals surface area contributed by atoms with Gasteiger partial charge in [-0.2, -0.15) is 0 Å². The maximum absolute atomic E-state index is 12.4. The number of Topliss-reactive ketones (excluding diaryl/α,β-unsaturated/α-hetero) is 1. The van der Waals surface area contributed by atoms with E-state index in [0.29, 0.717) is 10.6 Å². The number of ether oxygens (including phenoxy) is 1. The summed E-state index contributed by atoms with van der Waals surface area (Å²) in [6.45, 7) is 3.19. The molecular formula is C17H13ClO4. The Morgan fingerprint density at radius 2 is 1.68 bits per heavy atom. The molecule has 3 rings (SSSR count). The number of halogens is 1. The fourth-order valence-electron chi connectivity index (χ4n) is 2.41. The van der Waals surface area contributed by atoms with Crippen LogP contribution in [0.1, 0.15) is 27.0 Å². The minimum atomic E-state index is -0.409. The third-order valence-corrected chi connectivity index (χ3v) is 3.95. The second-order valence-corrected chi connectivity index (χ2v) is 5.58. The van der Waals surface area contributed by atoms with Gasteiger partial charge in [0.25, 0.3) is 0 Å². The molecule has 22 heavy (non-hydrogen) atoms. The number of aromatic hydroxyl groups is 2. The molecular weight excluding hydrogens is 304 g/mol. The molecule has 2 aromatic carbocycles. The number of carbonyl (C=O) groups excluding carboxylic acids is 1. The number of hydrogen-bond donors (Lipinski definition) is 2. The largest absolute Gasteiger partial charge is 0.507 e. The summed E-state index contributed by atoms with van der Waals surface area (Å²) < 4.78 is 5.56. The molecule has 0 aromatic heterocycles. The number of benzene rings is 2. The summed E-state index contributed by atoms with van der Waals surface area (Å²) in [6, 6.07) is 6.92. The summed E-state index contributed by atoms with van der Waals surface area (Å²) >= 11 is 5.83. The zero-order chi connectivity index (χ0) is 16.0. The van der Waals surface area contributed by atoms with E-state index in [2.05, 4.69) is 0 Å². The van der Waals surface area contributed by atoms with Gasteiger partial charge in [-0.25, -0.2) is 0 Å². The van der Waals surface area contributed by atoms with Crippen molar-refractivity contribution in [1.82, 2.24) is 0 Å². The van der Waals surface area contributed by atoms with E-state index >= 15 is 0 Å². The maximum Gasteiger partial charge on any atom is 0.235 e. The van der Waals surface area contributed by atoms with Crippen molar-refractivity contribution >= 4 is 23.5 Å². The van der Waals surface area contributed by atoms with Crippen LogP contribution in [0.25, 0.3) is 6.08 Å². The highest BCUT2D eigenvalue weighted by Gasteiger charge is 2.34. The maximum atomic E-state index is 12.4. The molecule has 0 unspecified atom stereocenters. The number of ketones is 1. The number of hydrogen-bond acceptors (Lipinski definition) is 4. The Hall–Kier alpha value is -2.46. The highest BCUT2D eigenvalue weighted by molar-refractivity contribution is 6.30. The molecule has 2 aromatic rings. The van der Waals surface area contributed by atoms with E-state index in [1.54, 1.807) is 44.2 Å². The minimum Gasteiger partial charge on any atom is -0.507 e. The zero-order valence-electron chi connectivity index (χ0n) is 12.0. The molecule has 5 heteroatoms. The van der Waals surface area contributed by atoms with Gasteiger partial charge < -0.3 is 14.9 Å². The Morgan fingerprint density at radius 1 is 1.05 bits per heavy atom. The van der Waals surface area contributed by atoms with E-state index in [4.69, 9.17) is 16.3 Å². The van der Waals surface area contributed by atoms with Crippen molar-refractivity contribution in [2.45, 2.75) is 13.8 Å². The van der Waals surface area contributed by atoms with Crippen molar-refractivity contribution < 1.29 is 19.7 Å². The lowest BCUT2D eigenvalue weighted by molar-refractivity contribution is 0.101. The fourth-order valence-corrected chi connectivity index (χ4v) is 2.53. The molecule has 4 nitrogen and oxygen atoms in total. The molecule has 0 fully saturated rings. The lowest BCUT2D eigenvalue weighted by Crippen LogP contribution is -1.98. The van der Waals surface area contributed by atoms with Gasteiger partial charge in [0.1, 0.15) is 22.8 Å². The summed E-state index contributed by atoms with van der Waals surface area (Å²) in [6.07, 6.45) is 1.57. The van der Waals surface area contributed by atoms with Crippen molar-refractivity contribution in [2.24, 2.45) is 0 Å². The average molecular weight is 317 g/mol. The summed E-state index contributed by atoms with van der Waals surface area (Å²) in [5.41, 5.74) is 1.53. The molecule has 0 atom stereocenters. The van der Waals surface area contributed by atoms with Crippen LogP contribution in [0.5, 0.6) is 17.2 Å². The number of carbonyl (C=O) groups is 1. The van der Waals surface area contributed by atoms with Gasteiger partial charge >= 0.3 is 0 Å². The SMILES string of the molecule is Cc1c(O)c(C)c2c(c1O)C(=O)C(=Cc1ccc(Cl)cc1)O2. The molecule has 0 radical (unpaired) electrons. The van der Waals surface area contributed by atoms with Gasteiger partial charge in [0.05, 0.1) is 0 Å². The van der Waals surface area contributed by atoms with Crippen LogP contribution < -0.4 is 4.74 Å². The molecule has 2 N–H and O–H groups in total. The Balaban J connectivity index is 2.10. The molecule has 0 amide bonds. The number of rotatable bonds is 1. The van der Waals surface area contributed by atoms with Crippen LogP contribution in [0.3, 0.4) is 0 Å². The quantitative estimate of drug-likeness (QED) is 0.781. The first kappa shape index (κ1) is 14.5. The van der Waals surface area contributed by atoms with Gasteiger partial charge in [0.15, 0.2) is 5.76 Å². The molecule has 0 aliphatic carbocycles. The standard InChI is InChI=1S/C17H13ClO4/c1-8-14(19)9(2)17-13(15(8)20)16(21)12(22-17)7-10-3-5-11(18)6-4-10/h3-7,19-20H,1-2H3. The van der Waals surface area contributed by atoms with E-state index in [1.807, 2.05) is 0 Å². The van der Waals surface area contributed by atoms with E-state index in [-0.39, 0.29) is 34.1 Å². The predicted molar refractivity (Wildman–Crippen MR) is 83.6 cm³/mol. The van der Waals surface area contributed by atoms with Gasteiger partial charge in [0.2, 0.25) is 5.78 Å². The highest BCUT2D eigenvalue weighted by Crippen LogP contribution is 2.46. The van der Waals surface area contributed by atoms with Crippen molar-refractivity contribution in [3.8, 4) is 17.2 Å². The predicted octanol–water partition coefficient (Wildman–Crippen LogP) is 3.98. The molecule has 0 saturated heterocycles. The third-order valence-electron chi connectivity index (χ3n) is 3.70. The molecule has 0 bridgehead atoms. The summed E-state index contributed by atoms with van der Waals surface area (Å²) in [5.74, 6) is -0.431. The van der Waals surface area contributed by atoms with Gasteiger partial charge in [0, 0.05) is 16.1 Å². The highest BCUT2D eigenvalue weighted by atomic mass is 35.5. The Bertz CT molecular complexity index is 820. The van der Waals surface area contributed by atoms with Crippen molar-refractivity contribution in [1.29, 1.82) is 0 Å². The van der Waals surface area contributed by atoms with Gasteiger partial charge in [-0.1, -0.05) is 23.7 Å². The van der Waals surface area contributed by atoms with Crippen LogP contribution in [-0.2, 0) is 0 Å². The van der Waals surface area contributed by atoms with Crippen LogP contribution in [0, 0.1) is 13.8 Å². The lowest BCUT2D eigenvalue weighted by atomic mass is 10.00. The normalized spacial score (nSPS) is 15.0. The first-order valence-corrected chi connectivity index (χ1v) is 7.03. The van der Waals surface area contributed by atoms with Crippen LogP contribution in [-0.4, -0.2) is 16.0 Å². The fraction of sp³-hybridized carbons (Fsp3) is 0.118. The van der Waals surface area contributed by atoms with E-state index in [9.17, 15) is 15.0 Å². The molecule has 1 aliphatic rings. The van der Waals surface area contributed by atoms with Crippen LogP contribution in [0.2, 0.25) is 5.02 Å². The lowest BCUT2D eigenvalue weighted by Gasteiger charge is -2.09. The topological polar surface area (TPSA) is 66.8 Å². The van der Waals surface area contributed by atoms with E-state index in [0.717, 1.165) is 5.56 Å². The molecule has 1 heterocycles. The van der Waals surface area contributed by atoms with E-state index < -0.39 is 5.78 Å². The summed E-state index contributed by atoms with van der Waals surface area (Å²) in [4.78, 5) is 12.4. The molecule has 0 spiro atoms. The Morgan fingerprint density at radius 3 is 2.32 bits per heavy atom. The number of phenolic OH excluding ortho intramolecular Hbond substituents is 2. The number of phenols is 2. The van der Waals surface area contributed by atoms with Crippen molar-refractivity contribution in [2.75, 3.05) is 0 Å². The molecule has 0 saturated carbocycles. The third kappa shape index (κ3) is 2.12. The number of allylic oxidation sites excluding steroid dienone is 1. The summed E-state index contributed by atoms with van der Waals surface area (Å²) in [7, 11) is 0. The second-order valence-electron chi connectivity index (χ2n) is 5.14. The monoisotopic (exact) mass is 316 g/mol.